The highest BCUT2D eigenvalue weighted by atomic mass is 14.8. The van der Waals surface area contributed by atoms with Gasteiger partial charge in [0.1, 0.15) is 5.82 Å². The molecular formula is C10H9N3. The average Bonchev–Trinajstić information content (AvgIpc) is 2.02. The topological polar surface area (TPSA) is 62.7 Å². The van der Waals surface area contributed by atoms with E-state index in [0.29, 0.717) is 5.82 Å². The smallest absolute Gasteiger partial charge is 0.152 e. The first-order valence-corrected chi connectivity index (χ1v) is 3.79. The largest absolute Gasteiger partial charge is 0.384 e. The van der Waals surface area contributed by atoms with E-state index in [-0.39, 0.29) is 0 Å². The molecule has 0 aliphatic rings. The lowest BCUT2D eigenvalue weighted by Gasteiger charge is -2.02. The molecule has 0 aromatic carbocycles. The van der Waals surface area contributed by atoms with Crippen LogP contribution >= 0.6 is 0 Å². The lowest BCUT2D eigenvalue weighted by Crippen LogP contribution is -1.97. The molecule has 3 nitrogen and oxygen atoms in total. The zero-order chi connectivity index (χ0) is 9.84. The highest BCUT2D eigenvalue weighted by Crippen LogP contribution is 2.12. The van der Waals surface area contributed by atoms with Gasteiger partial charge in [-0.15, -0.1) is 0 Å². The summed E-state index contributed by atoms with van der Waals surface area (Å²) in [4.78, 5) is 4.05. The van der Waals surface area contributed by atoms with E-state index in [9.17, 15) is 0 Å². The molecule has 13 heavy (non-hydrogen) atoms. The van der Waals surface area contributed by atoms with E-state index >= 15 is 0 Å². The van der Waals surface area contributed by atoms with Gasteiger partial charge in [-0.05, 0) is 31.4 Å². The van der Waals surface area contributed by atoms with E-state index in [1.807, 2.05) is 13.8 Å². The van der Waals surface area contributed by atoms with Crippen molar-refractivity contribution < 1.29 is 0 Å². The molecule has 1 rings (SSSR count). The van der Waals surface area contributed by atoms with Gasteiger partial charge in [0, 0.05) is 11.5 Å². The second kappa shape index (κ2) is 3.60. The van der Waals surface area contributed by atoms with Crippen LogP contribution < -0.4 is 5.73 Å². The van der Waals surface area contributed by atoms with E-state index in [0.717, 1.165) is 16.8 Å². The minimum atomic E-state index is 0.484. The summed E-state index contributed by atoms with van der Waals surface area (Å²) < 4.78 is 0. The highest BCUT2D eigenvalue weighted by molar-refractivity contribution is 5.50. The second-order valence-corrected chi connectivity index (χ2v) is 2.69. The minimum absolute atomic E-state index is 0.484. The van der Waals surface area contributed by atoms with Crippen molar-refractivity contribution >= 4 is 5.82 Å². The maximum atomic E-state index is 8.30. The molecule has 1 aromatic heterocycles. The normalized spacial score (nSPS) is 8.38. The summed E-state index contributed by atoms with van der Waals surface area (Å²) in [6.45, 7) is 3.72. The van der Waals surface area contributed by atoms with Gasteiger partial charge < -0.3 is 5.73 Å². The van der Waals surface area contributed by atoms with Crippen LogP contribution in [0.4, 0.5) is 5.82 Å². The van der Waals surface area contributed by atoms with Crippen LogP contribution in [0.2, 0.25) is 0 Å². The van der Waals surface area contributed by atoms with Gasteiger partial charge in [-0.25, -0.2) is 4.98 Å². The summed E-state index contributed by atoms with van der Waals surface area (Å²) in [7, 11) is 0. The van der Waals surface area contributed by atoms with Crippen molar-refractivity contribution in [3.8, 4) is 17.9 Å². The Labute approximate surface area is 77.2 Å². The summed E-state index contributed by atoms with van der Waals surface area (Å²) >= 11 is 0. The van der Waals surface area contributed by atoms with Gasteiger partial charge in [-0.2, -0.15) is 5.26 Å². The fourth-order valence-corrected chi connectivity index (χ4v) is 1.14. The van der Waals surface area contributed by atoms with Crippen LogP contribution in [0.3, 0.4) is 0 Å². The maximum Gasteiger partial charge on any atom is 0.152 e. The summed E-state index contributed by atoms with van der Waals surface area (Å²) in [5.74, 6) is 5.55. The van der Waals surface area contributed by atoms with Crippen LogP contribution in [0.15, 0.2) is 6.07 Å². The van der Waals surface area contributed by atoms with E-state index < -0.39 is 0 Å². The van der Waals surface area contributed by atoms with Gasteiger partial charge >= 0.3 is 0 Å². The molecule has 0 unspecified atom stereocenters. The Bertz CT molecular complexity index is 407. The second-order valence-electron chi connectivity index (χ2n) is 2.69. The quantitative estimate of drug-likeness (QED) is 0.596. The lowest BCUT2D eigenvalue weighted by molar-refractivity contribution is 1.17. The van der Waals surface area contributed by atoms with Gasteiger partial charge in [-0.1, -0.05) is 0 Å². The Hall–Kier alpha value is -2.00. The zero-order valence-electron chi connectivity index (χ0n) is 7.55. The van der Waals surface area contributed by atoms with E-state index in [1.54, 1.807) is 12.1 Å². The molecule has 0 aliphatic heterocycles. The summed E-state index contributed by atoms with van der Waals surface area (Å²) in [5.41, 5.74) is 8.04. The molecule has 1 heterocycles. The molecule has 0 fully saturated rings. The summed E-state index contributed by atoms with van der Waals surface area (Å²) in [5, 5.41) is 8.30. The van der Waals surface area contributed by atoms with E-state index in [4.69, 9.17) is 11.0 Å². The first-order chi connectivity index (χ1) is 6.15. The van der Waals surface area contributed by atoms with Crippen molar-refractivity contribution in [2.45, 2.75) is 13.8 Å². The maximum absolute atomic E-state index is 8.30. The highest BCUT2D eigenvalue weighted by Gasteiger charge is 2.01. The lowest BCUT2D eigenvalue weighted by atomic mass is 10.1. The zero-order valence-corrected chi connectivity index (χ0v) is 7.55. The Balaban J connectivity index is 3.31. The molecule has 0 saturated carbocycles. The number of nitrogens with two attached hydrogens (primary N) is 1. The fourth-order valence-electron chi connectivity index (χ4n) is 1.14. The standard InChI is InChI=1S/C10H9N3/c1-7-6-10(12)13-8(2)9(7)4-3-5-11/h6H,1-2H3,(H2,12,13). The Kier molecular flexibility index (Phi) is 2.52. The van der Waals surface area contributed by atoms with E-state index in [1.165, 1.54) is 0 Å². The minimum Gasteiger partial charge on any atom is -0.384 e. The number of aryl methyl sites for hydroxylation is 2. The molecule has 0 radical (unpaired) electrons. The van der Waals surface area contributed by atoms with Gasteiger partial charge in [0.2, 0.25) is 0 Å². The molecule has 0 spiro atoms. The number of nitriles is 1. The van der Waals surface area contributed by atoms with Crippen molar-refractivity contribution in [2.75, 3.05) is 5.73 Å². The SMILES string of the molecule is Cc1cc(N)nc(C)c1C#CC#N. The fraction of sp³-hybridized carbons (Fsp3) is 0.200. The van der Waals surface area contributed by atoms with Crippen LogP contribution in [-0.2, 0) is 0 Å². The van der Waals surface area contributed by atoms with Gasteiger partial charge in [0.15, 0.2) is 6.07 Å². The molecule has 0 bridgehead atoms. The Morgan fingerprint density at radius 3 is 2.69 bits per heavy atom. The number of pyridine rings is 1. The average molecular weight is 171 g/mol. The number of aromatic nitrogens is 1. The van der Waals surface area contributed by atoms with Crippen molar-refractivity contribution in [1.82, 2.24) is 4.98 Å². The van der Waals surface area contributed by atoms with Gasteiger partial charge in [-0.3, -0.25) is 0 Å². The van der Waals surface area contributed by atoms with Crippen LogP contribution in [0.25, 0.3) is 0 Å². The van der Waals surface area contributed by atoms with Crippen LogP contribution in [0.1, 0.15) is 16.8 Å². The van der Waals surface area contributed by atoms with Crippen molar-refractivity contribution in [2.24, 2.45) is 0 Å². The Morgan fingerprint density at radius 1 is 1.46 bits per heavy atom. The van der Waals surface area contributed by atoms with Gasteiger partial charge in [0.05, 0.1) is 5.69 Å². The van der Waals surface area contributed by atoms with Crippen LogP contribution in [0, 0.1) is 37.0 Å². The van der Waals surface area contributed by atoms with Crippen molar-refractivity contribution in [3.05, 3.63) is 22.9 Å². The molecule has 0 amide bonds. The molecule has 3 heteroatoms. The molecule has 64 valence electrons. The molecule has 2 N–H and O–H groups in total. The summed E-state index contributed by atoms with van der Waals surface area (Å²) in [6, 6.07) is 3.51. The van der Waals surface area contributed by atoms with Crippen molar-refractivity contribution in [3.63, 3.8) is 0 Å². The number of nitrogen functional groups attached to an aromatic ring is 1. The monoisotopic (exact) mass is 171 g/mol. The molecule has 0 saturated heterocycles. The van der Waals surface area contributed by atoms with Crippen LogP contribution in [-0.4, -0.2) is 4.98 Å². The number of rotatable bonds is 0. The number of hydrogen-bond acceptors (Lipinski definition) is 3. The molecule has 0 atom stereocenters. The van der Waals surface area contributed by atoms with Gasteiger partial charge in [0.25, 0.3) is 0 Å². The third-order valence-electron chi connectivity index (χ3n) is 1.66. The predicted molar refractivity (Wildman–Crippen MR) is 50.6 cm³/mol. The predicted octanol–water partition coefficient (Wildman–Crippen LogP) is 1.16. The molecule has 1 aromatic rings. The number of nitrogens with zero attached hydrogens (tertiary/aromatic N) is 2. The third kappa shape index (κ3) is 1.98. The Morgan fingerprint density at radius 2 is 2.15 bits per heavy atom. The number of hydrogen-bond donors (Lipinski definition) is 1. The first-order valence-electron chi connectivity index (χ1n) is 3.79. The molecule has 0 aliphatic carbocycles. The third-order valence-corrected chi connectivity index (χ3v) is 1.66. The number of anilines is 1. The first kappa shape index (κ1) is 9.09. The van der Waals surface area contributed by atoms with E-state index in [2.05, 4.69) is 16.8 Å². The summed E-state index contributed by atoms with van der Waals surface area (Å²) in [6.07, 6.45) is 0. The van der Waals surface area contributed by atoms with Crippen LogP contribution in [0.5, 0.6) is 0 Å². The molecular weight excluding hydrogens is 162 g/mol. The van der Waals surface area contributed by atoms with Crippen molar-refractivity contribution in [1.29, 1.82) is 5.26 Å².